The molecule has 0 aliphatic carbocycles. The Morgan fingerprint density at radius 2 is 1.86 bits per heavy atom. The third-order valence-corrected chi connectivity index (χ3v) is 10.7. The Morgan fingerprint density at radius 3 is 2.55 bits per heavy atom. The van der Waals surface area contributed by atoms with Gasteiger partial charge in [-0.2, -0.15) is 4.31 Å². The van der Waals surface area contributed by atoms with Crippen molar-refractivity contribution in [1.29, 1.82) is 0 Å². The number of anilines is 1. The molecule has 0 aromatic heterocycles. The molecule has 3 aliphatic rings. The highest BCUT2D eigenvalue weighted by atomic mass is 32.2. The van der Waals surface area contributed by atoms with Gasteiger partial charge in [0.15, 0.2) is 6.29 Å². The van der Waals surface area contributed by atoms with Gasteiger partial charge in [0.1, 0.15) is 6.10 Å². The first kappa shape index (κ1) is 36.8. The number of fused-ring (bicyclic) bond motifs is 2. The van der Waals surface area contributed by atoms with Crippen LogP contribution in [0.25, 0.3) is 5.57 Å². The van der Waals surface area contributed by atoms with Gasteiger partial charge in [-0.05, 0) is 54.9 Å². The zero-order valence-electron chi connectivity index (χ0n) is 29.2. The van der Waals surface area contributed by atoms with Crippen molar-refractivity contribution >= 4 is 33.3 Å². The number of nitrogens with one attached hydrogen (secondary N) is 3. The van der Waals surface area contributed by atoms with Crippen molar-refractivity contribution in [2.24, 2.45) is 17.3 Å². The Morgan fingerprint density at radius 1 is 1.12 bits per heavy atom. The van der Waals surface area contributed by atoms with E-state index in [-0.39, 0.29) is 60.5 Å². The molecule has 5 atom stereocenters. The minimum absolute atomic E-state index is 0.00160. The summed E-state index contributed by atoms with van der Waals surface area (Å²) in [6.45, 7) is 13.1. The lowest BCUT2D eigenvalue weighted by Crippen LogP contribution is -2.51. The van der Waals surface area contributed by atoms with Gasteiger partial charge in [0.05, 0.1) is 41.7 Å². The van der Waals surface area contributed by atoms with Crippen LogP contribution in [0.3, 0.4) is 0 Å². The third-order valence-electron chi connectivity index (χ3n) is 8.90. The monoisotopic (exact) mass is 698 g/mol. The number of allylic oxidation sites excluding steroid dienone is 1. The maximum Gasteiger partial charge on any atom is 0.407 e. The molecule has 2 amide bonds. The molecule has 2 saturated heterocycles. The molecule has 0 spiro atoms. The van der Waals surface area contributed by atoms with Crippen molar-refractivity contribution in [3.8, 4) is 0 Å². The quantitative estimate of drug-likeness (QED) is 0.226. The van der Waals surface area contributed by atoms with E-state index in [0.29, 0.717) is 35.7 Å². The number of benzene rings is 2. The van der Waals surface area contributed by atoms with E-state index in [1.807, 2.05) is 51.1 Å². The van der Waals surface area contributed by atoms with Crippen molar-refractivity contribution in [1.82, 2.24) is 14.9 Å². The standard InChI is InChI=1S/C36H50N4O8S/c1-22(2)18-40(49(44,45)25-12-13-28-27(17-25)32(33(42)38-28)23(3)37-21-36(4,5)6)19-30(41)29(16-24-10-8-7-9-11-24)39-35(43)48-31-20-47-34-26(31)14-15-46-34/h7-13,17,22,26,29-31,34,37,41H,14-16,18-21H2,1-6H3,(H,38,42)(H,39,43). The Hall–Kier alpha value is -3.49. The number of sulfonamides is 1. The summed E-state index contributed by atoms with van der Waals surface area (Å²) in [4.78, 5) is 26.2. The van der Waals surface area contributed by atoms with Gasteiger partial charge in [-0.3, -0.25) is 4.79 Å². The Bertz CT molecular complexity index is 1640. The van der Waals surface area contributed by atoms with Crippen LogP contribution >= 0.6 is 0 Å². The van der Waals surface area contributed by atoms with E-state index < -0.39 is 34.4 Å². The molecule has 13 heteroatoms. The predicted molar refractivity (Wildman–Crippen MR) is 186 cm³/mol. The SMILES string of the molecule is CC(NCC(C)(C)C)=C1C(=O)Nc2ccc(S(=O)(=O)N(CC(C)C)CC(O)C(Cc3ccccc3)NC(=O)OC3COC4OCCC34)cc21. The van der Waals surface area contributed by atoms with Gasteiger partial charge >= 0.3 is 6.09 Å². The molecule has 268 valence electrons. The lowest BCUT2D eigenvalue weighted by Gasteiger charge is -2.31. The van der Waals surface area contributed by atoms with Gasteiger partial charge in [0.2, 0.25) is 10.0 Å². The van der Waals surface area contributed by atoms with Gasteiger partial charge < -0.3 is 35.3 Å². The molecule has 5 unspecified atom stereocenters. The molecule has 2 fully saturated rings. The summed E-state index contributed by atoms with van der Waals surface area (Å²) in [5, 5.41) is 20.6. The number of nitrogens with zero attached hydrogens (tertiary/aromatic N) is 1. The van der Waals surface area contributed by atoms with Crippen molar-refractivity contribution < 1.29 is 37.3 Å². The second-order valence-corrected chi connectivity index (χ2v) is 16.7. The molecule has 4 N–H and O–H groups in total. The van der Waals surface area contributed by atoms with Crippen molar-refractivity contribution in [3.63, 3.8) is 0 Å². The van der Waals surface area contributed by atoms with Gasteiger partial charge in [0, 0.05) is 36.6 Å². The van der Waals surface area contributed by atoms with Crippen LogP contribution in [-0.2, 0) is 35.4 Å². The Kier molecular flexibility index (Phi) is 11.4. The normalized spacial score (nSPS) is 22.8. The molecular weight excluding hydrogens is 648 g/mol. The smallest absolute Gasteiger partial charge is 0.407 e. The van der Waals surface area contributed by atoms with Crippen molar-refractivity contribution in [3.05, 3.63) is 65.4 Å². The number of amides is 2. The molecule has 0 bridgehead atoms. The number of alkyl carbamates (subject to hydrolysis) is 1. The van der Waals surface area contributed by atoms with E-state index in [1.165, 1.54) is 16.4 Å². The molecule has 3 aliphatic heterocycles. The van der Waals surface area contributed by atoms with Crippen LogP contribution in [0.15, 0.2) is 59.1 Å². The highest BCUT2D eigenvalue weighted by Crippen LogP contribution is 2.36. The van der Waals surface area contributed by atoms with E-state index in [4.69, 9.17) is 14.2 Å². The topological polar surface area (TPSA) is 156 Å². The van der Waals surface area contributed by atoms with E-state index >= 15 is 0 Å². The summed E-state index contributed by atoms with van der Waals surface area (Å²) in [7, 11) is -4.16. The first-order chi connectivity index (χ1) is 23.1. The van der Waals surface area contributed by atoms with Crippen LogP contribution < -0.4 is 16.0 Å². The highest BCUT2D eigenvalue weighted by molar-refractivity contribution is 7.89. The second kappa shape index (κ2) is 15.2. The summed E-state index contributed by atoms with van der Waals surface area (Å²) in [6, 6.07) is 13.1. The Labute approximate surface area is 289 Å². The molecule has 49 heavy (non-hydrogen) atoms. The highest BCUT2D eigenvalue weighted by Gasteiger charge is 2.44. The average molecular weight is 699 g/mol. The molecule has 5 rings (SSSR count). The first-order valence-electron chi connectivity index (χ1n) is 17.0. The van der Waals surface area contributed by atoms with Crippen LogP contribution in [0.4, 0.5) is 10.5 Å². The lowest BCUT2D eigenvalue weighted by molar-refractivity contribution is -0.110. The summed E-state index contributed by atoms with van der Waals surface area (Å²) < 4.78 is 46.7. The molecule has 2 aromatic carbocycles. The van der Waals surface area contributed by atoms with Gasteiger partial charge in [0.25, 0.3) is 5.91 Å². The van der Waals surface area contributed by atoms with E-state index in [1.54, 1.807) is 6.07 Å². The molecule has 0 radical (unpaired) electrons. The Balaban J connectivity index is 1.38. The molecular formula is C36H50N4O8S. The van der Waals surface area contributed by atoms with E-state index in [0.717, 1.165) is 12.0 Å². The summed E-state index contributed by atoms with van der Waals surface area (Å²) in [5.41, 5.74) is 2.88. The molecule has 0 saturated carbocycles. The van der Waals surface area contributed by atoms with Crippen LogP contribution in [0, 0.1) is 17.3 Å². The summed E-state index contributed by atoms with van der Waals surface area (Å²) in [6.07, 6.45) is -1.91. The van der Waals surface area contributed by atoms with Crippen LogP contribution in [0.1, 0.15) is 59.1 Å². The van der Waals surface area contributed by atoms with Crippen LogP contribution in [0.2, 0.25) is 0 Å². The second-order valence-electron chi connectivity index (χ2n) is 14.8. The predicted octanol–water partition coefficient (Wildman–Crippen LogP) is 4.11. The number of aliphatic hydroxyl groups is 1. The maximum atomic E-state index is 14.3. The number of rotatable bonds is 13. The van der Waals surface area contributed by atoms with Gasteiger partial charge in [-0.25, -0.2) is 13.2 Å². The molecule has 3 heterocycles. The van der Waals surface area contributed by atoms with E-state index in [9.17, 15) is 23.1 Å². The number of ether oxygens (including phenoxy) is 3. The largest absolute Gasteiger partial charge is 0.443 e. The molecule has 12 nitrogen and oxygen atoms in total. The van der Waals surface area contributed by atoms with Crippen LogP contribution in [-0.4, -0.2) is 87.2 Å². The summed E-state index contributed by atoms with van der Waals surface area (Å²) in [5.74, 6) is -0.436. The van der Waals surface area contributed by atoms with E-state index in [2.05, 4.69) is 36.7 Å². The number of hydrogen-bond donors (Lipinski definition) is 4. The molecule has 2 aromatic rings. The van der Waals surface area contributed by atoms with Crippen molar-refractivity contribution in [2.75, 3.05) is 38.2 Å². The lowest BCUT2D eigenvalue weighted by atomic mass is 9.96. The fourth-order valence-corrected chi connectivity index (χ4v) is 8.00. The average Bonchev–Trinajstić information content (AvgIpc) is 3.74. The van der Waals surface area contributed by atoms with Crippen molar-refractivity contribution in [2.45, 2.75) is 83.8 Å². The number of hydrogen-bond acceptors (Lipinski definition) is 9. The number of aliphatic hydroxyl groups excluding tert-OH is 1. The maximum absolute atomic E-state index is 14.3. The zero-order valence-corrected chi connectivity index (χ0v) is 30.0. The van der Waals surface area contributed by atoms with Gasteiger partial charge in [-0.1, -0.05) is 65.0 Å². The van der Waals surface area contributed by atoms with Crippen LogP contribution in [0.5, 0.6) is 0 Å². The minimum atomic E-state index is -4.16. The van der Waals surface area contributed by atoms with Gasteiger partial charge in [-0.15, -0.1) is 0 Å². The third kappa shape index (κ3) is 9.01. The first-order valence-corrected chi connectivity index (χ1v) is 18.4. The fourth-order valence-electron chi connectivity index (χ4n) is 6.35. The number of carbonyl (C=O) groups excluding carboxylic acids is 2. The number of carbonyl (C=O) groups is 2. The fraction of sp³-hybridized carbons (Fsp3) is 0.556. The zero-order chi connectivity index (χ0) is 35.5. The minimum Gasteiger partial charge on any atom is -0.443 e. The summed E-state index contributed by atoms with van der Waals surface area (Å²) >= 11 is 0.